The molecule has 0 aromatic carbocycles. The van der Waals surface area contributed by atoms with Crippen LogP contribution in [0.1, 0.15) is 29.4 Å². The van der Waals surface area contributed by atoms with Crippen LogP contribution in [-0.2, 0) is 6.42 Å². The Kier molecular flexibility index (Phi) is 4.90. The fraction of sp³-hybridized carbons (Fsp3) is 0.500. The molecule has 0 atom stereocenters. The third-order valence-electron chi connectivity index (χ3n) is 2.44. The van der Waals surface area contributed by atoms with Gasteiger partial charge in [-0.2, -0.15) is 0 Å². The van der Waals surface area contributed by atoms with Crippen LogP contribution in [0.25, 0.3) is 0 Å². The molecule has 0 bridgehead atoms. The number of rotatable bonds is 6. The Bertz CT molecular complexity index is 393. The fourth-order valence-corrected chi connectivity index (χ4v) is 1.54. The molecule has 94 valence electrons. The molecule has 0 aliphatic carbocycles. The first-order valence-corrected chi connectivity index (χ1v) is 5.64. The van der Waals surface area contributed by atoms with Crippen molar-refractivity contribution >= 4 is 11.8 Å². The van der Waals surface area contributed by atoms with E-state index in [0.717, 1.165) is 18.5 Å². The monoisotopic (exact) mass is 238 g/mol. The molecule has 0 fully saturated rings. The molecule has 0 unspecified atom stereocenters. The number of hydrogen-bond donors (Lipinski definition) is 2. The van der Waals surface area contributed by atoms with Crippen LogP contribution >= 0.6 is 0 Å². The van der Waals surface area contributed by atoms with Gasteiger partial charge in [0, 0.05) is 19.3 Å². The molecule has 0 saturated carbocycles. The van der Waals surface area contributed by atoms with Gasteiger partial charge in [-0.15, -0.1) is 0 Å². The van der Waals surface area contributed by atoms with Crippen LogP contribution in [0, 0.1) is 0 Å². The van der Waals surface area contributed by atoms with E-state index in [1.54, 1.807) is 18.0 Å². The zero-order chi connectivity index (χ0) is 12.8. The molecule has 1 rings (SSSR count). The number of aromatic carboxylic acids is 1. The highest BCUT2D eigenvalue weighted by atomic mass is 16.4. The van der Waals surface area contributed by atoms with Gasteiger partial charge in [0.2, 0.25) is 0 Å². The van der Waals surface area contributed by atoms with Gasteiger partial charge in [0.1, 0.15) is 5.82 Å². The van der Waals surface area contributed by atoms with Crippen LogP contribution in [-0.4, -0.2) is 41.4 Å². The number of hydrogen-bond acceptors (Lipinski definition) is 4. The van der Waals surface area contributed by atoms with E-state index in [1.807, 2.05) is 6.92 Å². The minimum atomic E-state index is -0.955. The van der Waals surface area contributed by atoms with E-state index in [4.69, 9.17) is 10.2 Å². The summed E-state index contributed by atoms with van der Waals surface area (Å²) >= 11 is 0. The number of likely N-dealkylation sites (N-methyl/N-ethyl adjacent to an activating group) is 1. The molecule has 5 nitrogen and oxygen atoms in total. The summed E-state index contributed by atoms with van der Waals surface area (Å²) in [6.45, 7) is 2.46. The average molecular weight is 238 g/mol. The molecule has 17 heavy (non-hydrogen) atoms. The predicted molar refractivity (Wildman–Crippen MR) is 65.5 cm³/mol. The maximum Gasteiger partial charge on any atom is 0.335 e. The number of pyridine rings is 1. The Hall–Kier alpha value is -1.62. The highest BCUT2D eigenvalue weighted by Gasteiger charge is 2.10. The standard InChI is InChI=1S/C12H18N2O3/c1-3-4-10-7-9(12(16)17)8-11(13-10)14(2)5-6-15/h7-8,15H,3-6H2,1-2H3,(H,16,17). The highest BCUT2D eigenvalue weighted by Crippen LogP contribution is 2.15. The number of carbonyl (C=O) groups is 1. The Morgan fingerprint density at radius 3 is 2.71 bits per heavy atom. The Labute approximate surface area is 101 Å². The molecule has 2 N–H and O–H groups in total. The first-order chi connectivity index (χ1) is 8.08. The summed E-state index contributed by atoms with van der Waals surface area (Å²) in [7, 11) is 1.78. The SMILES string of the molecule is CCCc1cc(C(=O)O)cc(N(C)CCO)n1. The number of aliphatic hydroxyl groups is 1. The van der Waals surface area contributed by atoms with E-state index < -0.39 is 5.97 Å². The number of aryl methyl sites for hydroxylation is 1. The number of nitrogens with zero attached hydrogens (tertiary/aromatic N) is 2. The van der Waals surface area contributed by atoms with Crippen molar-refractivity contribution in [3.63, 3.8) is 0 Å². The van der Waals surface area contributed by atoms with Crippen LogP contribution in [0.5, 0.6) is 0 Å². The molecule has 5 heteroatoms. The number of carboxylic acid groups (broad SMARTS) is 1. The predicted octanol–water partition coefficient (Wildman–Crippen LogP) is 1.16. The normalized spacial score (nSPS) is 10.3. The van der Waals surface area contributed by atoms with Crippen molar-refractivity contribution < 1.29 is 15.0 Å². The molecule has 0 aliphatic heterocycles. The van der Waals surface area contributed by atoms with E-state index in [0.29, 0.717) is 12.4 Å². The van der Waals surface area contributed by atoms with Gasteiger partial charge in [-0.25, -0.2) is 9.78 Å². The van der Waals surface area contributed by atoms with Crippen molar-refractivity contribution in [3.8, 4) is 0 Å². The van der Waals surface area contributed by atoms with Crippen molar-refractivity contribution in [2.75, 3.05) is 25.1 Å². The van der Waals surface area contributed by atoms with Gasteiger partial charge >= 0.3 is 5.97 Å². The second kappa shape index (κ2) is 6.20. The first kappa shape index (κ1) is 13.4. The van der Waals surface area contributed by atoms with E-state index in [9.17, 15) is 4.79 Å². The van der Waals surface area contributed by atoms with Crippen LogP contribution in [0.2, 0.25) is 0 Å². The van der Waals surface area contributed by atoms with Crippen LogP contribution in [0.3, 0.4) is 0 Å². The lowest BCUT2D eigenvalue weighted by atomic mass is 10.1. The summed E-state index contributed by atoms with van der Waals surface area (Å²) < 4.78 is 0. The van der Waals surface area contributed by atoms with Gasteiger partial charge in [0.15, 0.2) is 0 Å². The first-order valence-electron chi connectivity index (χ1n) is 5.64. The number of aliphatic hydroxyl groups excluding tert-OH is 1. The quantitative estimate of drug-likeness (QED) is 0.778. The molecule has 1 heterocycles. The van der Waals surface area contributed by atoms with Crippen molar-refractivity contribution in [3.05, 3.63) is 23.4 Å². The van der Waals surface area contributed by atoms with Gasteiger partial charge in [-0.1, -0.05) is 13.3 Å². The number of anilines is 1. The van der Waals surface area contributed by atoms with Gasteiger partial charge in [0.25, 0.3) is 0 Å². The van der Waals surface area contributed by atoms with Crippen molar-refractivity contribution in [2.45, 2.75) is 19.8 Å². The van der Waals surface area contributed by atoms with E-state index >= 15 is 0 Å². The van der Waals surface area contributed by atoms with Gasteiger partial charge in [0.05, 0.1) is 12.2 Å². The number of carboxylic acids is 1. The third kappa shape index (κ3) is 3.71. The minimum Gasteiger partial charge on any atom is -0.478 e. The van der Waals surface area contributed by atoms with Crippen LogP contribution < -0.4 is 4.90 Å². The lowest BCUT2D eigenvalue weighted by molar-refractivity contribution is 0.0696. The van der Waals surface area contributed by atoms with Crippen molar-refractivity contribution in [1.82, 2.24) is 4.98 Å². The topological polar surface area (TPSA) is 73.7 Å². The maximum atomic E-state index is 11.0. The fourth-order valence-electron chi connectivity index (χ4n) is 1.54. The molecular formula is C12H18N2O3. The molecule has 0 aliphatic rings. The highest BCUT2D eigenvalue weighted by molar-refractivity contribution is 5.88. The summed E-state index contributed by atoms with van der Waals surface area (Å²) in [5.74, 6) is -0.370. The van der Waals surface area contributed by atoms with Gasteiger partial charge < -0.3 is 15.1 Å². The zero-order valence-corrected chi connectivity index (χ0v) is 10.2. The van der Waals surface area contributed by atoms with E-state index in [1.165, 1.54) is 6.07 Å². The summed E-state index contributed by atoms with van der Waals surface area (Å²) in [6.07, 6.45) is 1.67. The molecule has 0 amide bonds. The molecule has 0 saturated heterocycles. The third-order valence-corrected chi connectivity index (χ3v) is 2.44. The lowest BCUT2D eigenvalue weighted by Crippen LogP contribution is -2.23. The Morgan fingerprint density at radius 1 is 1.47 bits per heavy atom. The minimum absolute atomic E-state index is 0.0125. The summed E-state index contributed by atoms with van der Waals surface area (Å²) in [4.78, 5) is 17.1. The maximum absolute atomic E-state index is 11.0. The Morgan fingerprint density at radius 2 is 2.18 bits per heavy atom. The van der Waals surface area contributed by atoms with Crippen molar-refractivity contribution in [1.29, 1.82) is 0 Å². The zero-order valence-electron chi connectivity index (χ0n) is 10.2. The molecule has 1 aromatic rings. The van der Waals surface area contributed by atoms with Crippen LogP contribution in [0.15, 0.2) is 12.1 Å². The average Bonchev–Trinajstić information content (AvgIpc) is 2.29. The van der Waals surface area contributed by atoms with E-state index in [-0.39, 0.29) is 12.2 Å². The smallest absolute Gasteiger partial charge is 0.335 e. The molecule has 1 aromatic heterocycles. The van der Waals surface area contributed by atoms with Gasteiger partial charge in [-0.05, 0) is 18.6 Å². The summed E-state index contributed by atoms with van der Waals surface area (Å²) in [5, 5.41) is 17.9. The van der Waals surface area contributed by atoms with Crippen molar-refractivity contribution in [2.24, 2.45) is 0 Å². The molecule has 0 spiro atoms. The Balaban J connectivity index is 3.07. The molecule has 0 radical (unpaired) electrons. The van der Waals surface area contributed by atoms with Gasteiger partial charge in [-0.3, -0.25) is 0 Å². The largest absolute Gasteiger partial charge is 0.478 e. The second-order valence-corrected chi connectivity index (χ2v) is 3.91. The number of aromatic nitrogens is 1. The van der Waals surface area contributed by atoms with Crippen LogP contribution in [0.4, 0.5) is 5.82 Å². The summed E-state index contributed by atoms with van der Waals surface area (Å²) in [5.41, 5.74) is 1.01. The molecular weight excluding hydrogens is 220 g/mol. The summed E-state index contributed by atoms with van der Waals surface area (Å²) in [6, 6.07) is 3.12. The second-order valence-electron chi connectivity index (χ2n) is 3.91. The van der Waals surface area contributed by atoms with E-state index in [2.05, 4.69) is 4.98 Å². The lowest BCUT2D eigenvalue weighted by Gasteiger charge is -2.18.